The summed E-state index contributed by atoms with van der Waals surface area (Å²) in [4.78, 5) is 14.3. The molecule has 3 rings (SSSR count). The van der Waals surface area contributed by atoms with Crippen molar-refractivity contribution in [3.8, 4) is 0 Å². The minimum absolute atomic E-state index is 0.0855. The van der Waals surface area contributed by atoms with E-state index in [0.29, 0.717) is 5.69 Å². The van der Waals surface area contributed by atoms with Crippen LogP contribution in [0.3, 0.4) is 0 Å². The molecule has 1 unspecified atom stereocenters. The van der Waals surface area contributed by atoms with Crippen LogP contribution in [0.4, 0.5) is 10.1 Å². The molecule has 1 atom stereocenters. The lowest BCUT2D eigenvalue weighted by Gasteiger charge is -2.38. The number of benzene rings is 2. The van der Waals surface area contributed by atoms with Crippen LogP contribution < -0.4 is 4.90 Å². The second-order valence-corrected chi connectivity index (χ2v) is 8.49. The molecule has 8 heteroatoms. The Balaban J connectivity index is 1.87. The Bertz CT molecular complexity index is 947. The molecule has 1 fully saturated rings. The molecule has 1 aliphatic heterocycles. The molecule has 138 valence electrons. The highest BCUT2D eigenvalue weighted by Crippen LogP contribution is 2.28. The fraction of sp³-hybridized carbons (Fsp3) is 0.278. The molecule has 0 aliphatic carbocycles. The average Bonchev–Trinajstić information content (AvgIpc) is 2.60. The Hall–Kier alpha value is -1.96. The first-order valence-corrected chi connectivity index (χ1v) is 9.88. The van der Waals surface area contributed by atoms with E-state index < -0.39 is 21.9 Å². The normalized spacial score (nSPS) is 19.0. The summed E-state index contributed by atoms with van der Waals surface area (Å²) in [6.45, 7) is 3.72. The fourth-order valence-corrected chi connectivity index (χ4v) is 4.69. The Kier molecular flexibility index (Phi) is 5.05. The van der Waals surface area contributed by atoms with Crippen molar-refractivity contribution < 1.29 is 17.6 Å². The molecule has 1 amide bonds. The van der Waals surface area contributed by atoms with E-state index in [1.807, 2.05) is 6.92 Å². The molecular formula is C18H18ClFN2O3S. The third-order valence-electron chi connectivity index (χ3n) is 4.44. The smallest absolute Gasteiger partial charge is 0.245 e. The number of rotatable bonds is 3. The number of amides is 1. The predicted octanol–water partition coefficient (Wildman–Crippen LogP) is 3.21. The van der Waals surface area contributed by atoms with Crippen LogP contribution in [0.5, 0.6) is 0 Å². The SMILES string of the molecule is Cc1ccc(S(=O)(=O)N2CCN(c3ccc(F)c(Cl)c3)C(=O)C2C)cc1. The van der Waals surface area contributed by atoms with Crippen molar-refractivity contribution in [2.75, 3.05) is 18.0 Å². The maximum absolute atomic E-state index is 13.4. The van der Waals surface area contributed by atoms with Gasteiger partial charge >= 0.3 is 0 Å². The molecule has 0 aromatic heterocycles. The molecule has 0 spiro atoms. The van der Waals surface area contributed by atoms with Crippen LogP contribution in [0.2, 0.25) is 5.02 Å². The summed E-state index contributed by atoms with van der Waals surface area (Å²) in [5, 5.41) is -0.0855. The molecule has 1 aliphatic rings. The van der Waals surface area contributed by atoms with E-state index in [-0.39, 0.29) is 28.9 Å². The first-order valence-electron chi connectivity index (χ1n) is 8.07. The third kappa shape index (κ3) is 3.34. The van der Waals surface area contributed by atoms with Gasteiger partial charge in [0.15, 0.2) is 0 Å². The van der Waals surface area contributed by atoms with E-state index in [9.17, 15) is 17.6 Å². The number of aryl methyl sites for hydroxylation is 1. The van der Waals surface area contributed by atoms with Gasteiger partial charge in [-0.2, -0.15) is 4.31 Å². The van der Waals surface area contributed by atoms with Crippen molar-refractivity contribution >= 4 is 33.2 Å². The van der Waals surface area contributed by atoms with Gasteiger partial charge in [-0.3, -0.25) is 4.79 Å². The van der Waals surface area contributed by atoms with Crippen LogP contribution in [-0.4, -0.2) is 37.8 Å². The van der Waals surface area contributed by atoms with Gasteiger partial charge in [0.05, 0.1) is 9.92 Å². The van der Waals surface area contributed by atoms with Crippen molar-refractivity contribution in [3.63, 3.8) is 0 Å². The topological polar surface area (TPSA) is 57.7 Å². The van der Waals surface area contributed by atoms with E-state index in [1.54, 1.807) is 19.1 Å². The van der Waals surface area contributed by atoms with E-state index in [4.69, 9.17) is 11.6 Å². The highest BCUT2D eigenvalue weighted by atomic mass is 35.5. The molecule has 1 heterocycles. The van der Waals surface area contributed by atoms with Crippen molar-refractivity contribution in [2.45, 2.75) is 24.8 Å². The summed E-state index contributed by atoms with van der Waals surface area (Å²) in [6.07, 6.45) is 0. The van der Waals surface area contributed by atoms with E-state index in [2.05, 4.69) is 0 Å². The first kappa shape index (κ1) is 18.8. The Labute approximate surface area is 157 Å². The summed E-state index contributed by atoms with van der Waals surface area (Å²) in [5.41, 5.74) is 1.40. The zero-order valence-corrected chi connectivity index (χ0v) is 15.9. The average molecular weight is 397 g/mol. The standard InChI is InChI=1S/C18H18ClFN2O3S/c1-12-3-6-15(7-4-12)26(24,25)22-10-9-21(18(23)13(22)2)14-5-8-17(20)16(19)11-14/h3-8,11,13H,9-10H2,1-2H3. The number of carbonyl (C=O) groups is 1. The number of halogens is 2. The summed E-state index contributed by atoms with van der Waals surface area (Å²) >= 11 is 5.79. The zero-order chi connectivity index (χ0) is 19.1. The van der Waals surface area contributed by atoms with Crippen LogP contribution >= 0.6 is 11.6 Å². The molecule has 2 aromatic carbocycles. The van der Waals surface area contributed by atoms with E-state index in [1.165, 1.54) is 39.5 Å². The van der Waals surface area contributed by atoms with Crippen LogP contribution in [0.25, 0.3) is 0 Å². The molecule has 0 radical (unpaired) electrons. The van der Waals surface area contributed by atoms with Crippen LogP contribution in [0, 0.1) is 12.7 Å². The van der Waals surface area contributed by atoms with Gasteiger partial charge in [-0.25, -0.2) is 12.8 Å². The van der Waals surface area contributed by atoms with Gasteiger partial charge in [0.25, 0.3) is 0 Å². The zero-order valence-electron chi connectivity index (χ0n) is 14.3. The molecule has 1 saturated heterocycles. The van der Waals surface area contributed by atoms with Gasteiger partial charge < -0.3 is 4.90 Å². The van der Waals surface area contributed by atoms with Crippen molar-refractivity contribution in [1.82, 2.24) is 4.31 Å². The van der Waals surface area contributed by atoms with Crippen molar-refractivity contribution in [3.05, 3.63) is 58.9 Å². The van der Waals surface area contributed by atoms with E-state index in [0.717, 1.165) is 5.56 Å². The molecular weight excluding hydrogens is 379 g/mol. The van der Waals surface area contributed by atoms with Crippen molar-refractivity contribution in [1.29, 1.82) is 0 Å². The van der Waals surface area contributed by atoms with Crippen LogP contribution in [0.15, 0.2) is 47.4 Å². The maximum Gasteiger partial charge on any atom is 0.245 e. The van der Waals surface area contributed by atoms with Gasteiger partial charge in [0.1, 0.15) is 11.9 Å². The van der Waals surface area contributed by atoms with Gasteiger partial charge in [0.2, 0.25) is 15.9 Å². The molecule has 26 heavy (non-hydrogen) atoms. The van der Waals surface area contributed by atoms with Gasteiger partial charge in [0, 0.05) is 18.8 Å². The minimum atomic E-state index is -3.78. The van der Waals surface area contributed by atoms with Gasteiger partial charge in [-0.15, -0.1) is 0 Å². The Morgan fingerprint density at radius 3 is 2.38 bits per heavy atom. The second-order valence-electron chi connectivity index (χ2n) is 6.19. The minimum Gasteiger partial charge on any atom is -0.310 e. The fourth-order valence-electron chi connectivity index (χ4n) is 2.93. The van der Waals surface area contributed by atoms with E-state index >= 15 is 0 Å². The number of hydrogen-bond acceptors (Lipinski definition) is 3. The number of sulfonamides is 1. The lowest BCUT2D eigenvalue weighted by atomic mass is 10.2. The quantitative estimate of drug-likeness (QED) is 0.800. The largest absolute Gasteiger partial charge is 0.310 e. The Morgan fingerprint density at radius 1 is 1.12 bits per heavy atom. The molecule has 0 N–H and O–H groups in total. The van der Waals surface area contributed by atoms with Crippen molar-refractivity contribution in [2.24, 2.45) is 0 Å². The summed E-state index contributed by atoms with van der Waals surface area (Å²) in [6, 6.07) is 9.64. The Morgan fingerprint density at radius 2 is 1.77 bits per heavy atom. The monoisotopic (exact) mass is 396 g/mol. The summed E-state index contributed by atoms with van der Waals surface area (Å²) in [5.74, 6) is -0.953. The number of nitrogens with zero attached hydrogens (tertiary/aromatic N) is 2. The van der Waals surface area contributed by atoms with Gasteiger partial charge in [-0.1, -0.05) is 29.3 Å². The van der Waals surface area contributed by atoms with Crippen LogP contribution in [-0.2, 0) is 14.8 Å². The lowest BCUT2D eigenvalue weighted by Crippen LogP contribution is -2.57. The predicted molar refractivity (Wildman–Crippen MR) is 98.3 cm³/mol. The molecule has 5 nitrogen and oxygen atoms in total. The lowest BCUT2D eigenvalue weighted by molar-refractivity contribution is -0.123. The number of hydrogen-bond donors (Lipinski definition) is 0. The van der Waals surface area contributed by atoms with Crippen LogP contribution in [0.1, 0.15) is 12.5 Å². The van der Waals surface area contributed by atoms with Gasteiger partial charge in [-0.05, 0) is 44.2 Å². The highest BCUT2D eigenvalue weighted by Gasteiger charge is 2.39. The number of carbonyl (C=O) groups excluding carboxylic acids is 1. The summed E-state index contributed by atoms with van der Waals surface area (Å²) in [7, 11) is -3.78. The highest BCUT2D eigenvalue weighted by molar-refractivity contribution is 7.89. The third-order valence-corrected chi connectivity index (χ3v) is 6.72. The summed E-state index contributed by atoms with van der Waals surface area (Å²) < 4.78 is 40.3. The number of anilines is 1. The second kappa shape index (κ2) is 6.98. The molecule has 0 bridgehead atoms. The number of piperazine rings is 1. The first-order chi connectivity index (χ1) is 12.2. The maximum atomic E-state index is 13.4. The molecule has 0 saturated carbocycles. The molecule has 2 aromatic rings.